The van der Waals surface area contributed by atoms with Gasteiger partial charge in [0.2, 0.25) is 11.8 Å². The van der Waals surface area contributed by atoms with Gasteiger partial charge in [-0.25, -0.2) is 0 Å². The minimum atomic E-state index is -0.0820. The second-order valence-corrected chi connectivity index (χ2v) is 5.96. The monoisotopic (exact) mass is 302 g/mol. The molecule has 4 heteroatoms. The number of nitrogens with zero attached hydrogens (tertiary/aromatic N) is 1. The molecule has 1 aromatic rings. The van der Waals surface area contributed by atoms with E-state index in [1.54, 1.807) is 0 Å². The lowest BCUT2D eigenvalue weighted by molar-refractivity contribution is -0.132. The van der Waals surface area contributed by atoms with E-state index in [2.05, 4.69) is 36.5 Å². The molecule has 1 saturated heterocycles. The first-order valence-electron chi connectivity index (χ1n) is 8.22. The van der Waals surface area contributed by atoms with Crippen LogP contribution in [0, 0.1) is 0 Å². The molecule has 1 N–H and O–H groups in total. The van der Waals surface area contributed by atoms with E-state index in [0.29, 0.717) is 18.9 Å². The van der Waals surface area contributed by atoms with Crippen LogP contribution in [-0.2, 0) is 9.59 Å². The van der Waals surface area contributed by atoms with E-state index in [1.165, 1.54) is 12.5 Å². The summed E-state index contributed by atoms with van der Waals surface area (Å²) in [4.78, 5) is 25.4. The highest BCUT2D eigenvalue weighted by atomic mass is 16.2. The largest absolute Gasteiger partial charge is 0.356 e. The van der Waals surface area contributed by atoms with Crippen molar-refractivity contribution in [3.05, 3.63) is 35.9 Å². The molecule has 0 aromatic heterocycles. The van der Waals surface area contributed by atoms with E-state index in [1.807, 2.05) is 11.0 Å². The standard InChI is InChI=1S/C18H26N2O2/c1-3-16(15-8-5-4-6-9-15)17-10-7-13-20(17)18(22)11-12-19-14(2)21/h4-6,8-9,16-17H,3,7,10-13H2,1-2H3,(H,19,21)/t16-,17+/m0/s1. The van der Waals surface area contributed by atoms with Crippen LogP contribution in [0.5, 0.6) is 0 Å². The zero-order valence-electron chi connectivity index (χ0n) is 13.5. The first kappa shape index (κ1) is 16.5. The first-order chi connectivity index (χ1) is 10.6. The topological polar surface area (TPSA) is 49.4 Å². The van der Waals surface area contributed by atoms with Gasteiger partial charge in [-0.2, -0.15) is 0 Å². The zero-order valence-corrected chi connectivity index (χ0v) is 13.5. The summed E-state index contributed by atoms with van der Waals surface area (Å²) in [5.74, 6) is 0.473. The third kappa shape index (κ3) is 4.09. The molecular weight excluding hydrogens is 276 g/mol. The summed E-state index contributed by atoms with van der Waals surface area (Å²) in [6, 6.07) is 10.8. The summed E-state index contributed by atoms with van der Waals surface area (Å²) in [7, 11) is 0. The van der Waals surface area contributed by atoms with Gasteiger partial charge in [0.15, 0.2) is 0 Å². The van der Waals surface area contributed by atoms with E-state index in [4.69, 9.17) is 0 Å². The lowest BCUT2D eigenvalue weighted by atomic mass is 9.87. The number of amides is 2. The highest BCUT2D eigenvalue weighted by Crippen LogP contribution is 2.33. The Morgan fingerprint density at radius 3 is 2.68 bits per heavy atom. The Bertz CT molecular complexity index is 501. The van der Waals surface area contributed by atoms with Crippen LogP contribution in [-0.4, -0.2) is 35.8 Å². The molecule has 1 aliphatic rings. The van der Waals surface area contributed by atoms with Gasteiger partial charge in [-0.3, -0.25) is 9.59 Å². The van der Waals surface area contributed by atoms with Crippen LogP contribution in [0.2, 0.25) is 0 Å². The molecule has 0 aliphatic carbocycles. The van der Waals surface area contributed by atoms with Crippen LogP contribution < -0.4 is 5.32 Å². The molecule has 1 fully saturated rings. The van der Waals surface area contributed by atoms with Crippen LogP contribution in [0.15, 0.2) is 30.3 Å². The van der Waals surface area contributed by atoms with Gasteiger partial charge in [-0.1, -0.05) is 37.3 Å². The van der Waals surface area contributed by atoms with Gasteiger partial charge >= 0.3 is 0 Å². The van der Waals surface area contributed by atoms with E-state index in [0.717, 1.165) is 25.8 Å². The maximum absolute atomic E-state index is 12.5. The second-order valence-electron chi connectivity index (χ2n) is 5.96. The van der Waals surface area contributed by atoms with Crippen molar-refractivity contribution in [1.29, 1.82) is 0 Å². The van der Waals surface area contributed by atoms with Gasteiger partial charge in [0.25, 0.3) is 0 Å². The van der Waals surface area contributed by atoms with Crippen molar-refractivity contribution >= 4 is 11.8 Å². The number of hydrogen-bond donors (Lipinski definition) is 1. The minimum absolute atomic E-state index is 0.0820. The Morgan fingerprint density at radius 1 is 1.32 bits per heavy atom. The lowest BCUT2D eigenvalue weighted by Gasteiger charge is -2.31. The van der Waals surface area contributed by atoms with E-state index in [9.17, 15) is 9.59 Å². The Balaban J connectivity index is 2.02. The molecule has 4 nitrogen and oxygen atoms in total. The Morgan fingerprint density at radius 2 is 2.05 bits per heavy atom. The zero-order chi connectivity index (χ0) is 15.9. The van der Waals surface area contributed by atoms with Crippen LogP contribution in [0.25, 0.3) is 0 Å². The summed E-state index contributed by atoms with van der Waals surface area (Å²) < 4.78 is 0. The summed E-state index contributed by atoms with van der Waals surface area (Å²) >= 11 is 0. The van der Waals surface area contributed by atoms with Crippen LogP contribution in [0.1, 0.15) is 51.0 Å². The molecule has 1 heterocycles. The van der Waals surface area contributed by atoms with Crippen LogP contribution >= 0.6 is 0 Å². The van der Waals surface area contributed by atoms with Crippen molar-refractivity contribution in [1.82, 2.24) is 10.2 Å². The maximum atomic E-state index is 12.5. The Hall–Kier alpha value is -1.84. The minimum Gasteiger partial charge on any atom is -0.356 e. The molecule has 0 spiro atoms. The van der Waals surface area contributed by atoms with Crippen molar-refractivity contribution in [3.8, 4) is 0 Å². The van der Waals surface area contributed by atoms with Gasteiger partial charge in [0.05, 0.1) is 0 Å². The number of likely N-dealkylation sites (tertiary alicyclic amines) is 1. The number of hydrogen-bond acceptors (Lipinski definition) is 2. The number of carbonyl (C=O) groups is 2. The van der Waals surface area contributed by atoms with Gasteiger partial charge < -0.3 is 10.2 Å². The van der Waals surface area contributed by atoms with Crippen molar-refractivity contribution < 1.29 is 9.59 Å². The van der Waals surface area contributed by atoms with E-state index < -0.39 is 0 Å². The summed E-state index contributed by atoms with van der Waals surface area (Å²) in [6.07, 6.45) is 3.56. The summed E-state index contributed by atoms with van der Waals surface area (Å²) in [5, 5.41) is 2.70. The highest BCUT2D eigenvalue weighted by Gasteiger charge is 2.34. The molecule has 1 aromatic carbocycles. The van der Waals surface area contributed by atoms with E-state index >= 15 is 0 Å². The highest BCUT2D eigenvalue weighted by molar-refractivity contribution is 5.78. The van der Waals surface area contributed by atoms with Gasteiger partial charge in [0, 0.05) is 38.4 Å². The molecule has 0 bridgehead atoms. The fraction of sp³-hybridized carbons (Fsp3) is 0.556. The van der Waals surface area contributed by atoms with Crippen molar-refractivity contribution in [2.45, 2.75) is 51.5 Å². The van der Waals surface area contributed by atoms with Crippen LogP contribution in [0.4, 0.5) is 0 Å². The fourth-order valence-electron chi connectivity index (χ4n) is 3.44. The quantitative estimate of drug-likeness (QED) is 0.878. The van der Waals surface area contributed by atoms with Gasteiger partial charge in [0.1, 0.15) is 0 Å². The fourth-order valence-corrected chi connectivity index (χ4v) is 3.44. The molecule has 1 aliphatic heterocycles. The molecule has 0 saturated carbocycles. The third-order valence-electron chi connectivity index (χ3n) is 4.46. The Kier molecular flexibility index (Phi) is 5.99. The maximum Gasteiger partial charge on any atom is 0.224 e. The molecule has 0 unspecified atom stereocenters. The number of rotatable bonds is 6. The predicted octanol–water partition coefficient (Wildman–Crippen LogP) is 2.70. The third-order valence-corrected chi connectivity index (χ3v) is 4.46. The number of carbonyl (C=O) groups excluding carboxylic acids is 2. The number of benzene rings is 1. The average molecular weight is 302 g/mol. The smallest absolute Gasteiger partial charge is 0.224 e. The molecular formula is C18H26N2O2. The number of nitrogens with one attached hydrogen (secondary N) is 1. The van der Waals surface area contributed by atoms with Crippen molar-refractivity contribution in [2.75, 3.05) is 13.1 Å². The van der Waals surface area contributed by atoms with Gasteiger partial charge in [-0.15, -0.1) is 0 Å². The van der Waals surface area contributed by atoms with E-state index in [-0.39, 0.29) is 17.9 Å². The SMILES string of the molecule is CC[C@@H](c1ccccc1)[C@H]1CCCN1C(=O)CCNC(C)=O. The van der Waals surface area contributed by atoms with Crippen LogP contribution in [0.3, 0.4) is 0 Å². The Labute approximate surface area is 132 Å². The predicted molar refractivity (Wildman–Crippen MR) is 87.5 cm³/mol. The first-order valence-corrected chi connectivity index (χ1v) is 8.22. The summed E-state index contributed by atoms with van der Waals surface area (Å²) in [6.45, 7) is 4.94. The molecule has 2 rings (SSSR count). The molecule has 120 valence electrons. The summed E-state index contributed by atoms with van der Waals surface area (Å²) in [5.41, 5.74) is 1.32. The normalized spacial score (nSPS) is 19.0. The lowest BCUT2D eigenvalue weighted by Crippen LogP contribution is -2.40. The van der Waals surface area contributed by atoms with Gasteiger partial charge in [-0.05, 0) is 24.8 Å². The molecule has 22 heavy (non-hydrogen) atoms. The second kappa shape index (κ2) is 7.97. The van der Waals surface area contributed by atoms with Crippen molar-refractivity contribution in [3.63, 3.8) is 0 Å². The molecule has 2 amide bonds. The average Bonchev–Trinajstić information content (AvgIpc) is 2.98. The molecule has 2 atom stereocenters. The van der Waals surface area contributed by atoms with Crippen molar-refractivity contribution in [2.24, 2.45) is 0 Å². The molecule has 0 radical (unpaired) electrons.